The Bertz CT molecular complexity index is 208. The predicted octanol–water partition coefficient (Wildman–Crippen LogP) is 2.20. The van der Waals surface area contributed by atoms with E-state index < -0.39 is 0 Å². The molecule has 1 rings (SSSR count). The van der Waals surface area contributed by atoms with Gasteiger partial charge < -0.3 is 10.5 Å². The number of amidine groups is 1. The summed E-state index contributed by atoms with van der Waals surface area (Å²) in [5.74, 6) is 1.87. The first-order valence-corrected chi connectivity index (χ1v) is 5.97. The topological polar surface area (TPSA) is 47.6 Å². The number of ether oxygens (including phenoxy) is 1. The van der Waals surface area contributed by atoms with Crippen molar-refractivity contribution < 1.29 is 4.74 Å². The van der Waals surface area contributed by atoms with Gasteiger partial charge in [0.25, 0.3) is 0 Å². The molecule has 3 nitrogen and oxygen atoms in total. The fraction of sp³-hybridized carbons (Fsp3) is 0.917. The molecule has 1 unspecified atom stereocenters. The van der Waals surface area contributed by atoms with E-state index in [-0.39, 0.29) is 6.04 Å². The Morgan fingerprint density at radius 2 is 2.00 bits per heavy atom. The fourth-order valence-electron chi connectivity index (χ4n) is 2.07. The molecule has 1 aliphatic carbocycles. The van der Waals surface area contributed by atoms with E-state index in [1.807, 2.05) is 0 Å². The van der Waals surface area contributed by atoms with Gasteiger partial charge in [-0.1, -0.05) is 26.7 Å². The Morgan fingerprint density at radius 3 is 2.47 bits per heavy atom. The molecule has 0 aromatic carbocycles. The van der Waals surface area contributed by atoms with Crippen molar-refractivity contribution in [2.75, 3.05) is 13.7 Å². The van der Waals surface area contributed by atoms with Gasteiger partial charge in [-0.2, -0.15) is 0 Å². The summed E-state index contributed by atoms with van der Waals surface area (Å²) in [5, 5.41) is 0. The van der Waals surface area contributed by atoms with Gasteiger partial charge in [-0.25, -0.2) is 0 Å². The van der Waals surface area contributed by atoms with Gasteiger partial charge in [0.1, 0.15) is 0 Å². The predicted molar refractivity (Wildman–Crippen MR) is 64.1 cm³/mol. The average Bonchev–Trinajstić information content (AvgIpc) is 2.69. The van der Waals surface area contributed by atoms with E-state index in [4.69, 9.17) is 10.5 Å². The van der Waals surface area contributed by atoms with Crippen molar-refractivity contribution in [2.45, 2.75) is 45.6 Å². The normalized spacial score (nSPS) is 21.2. The summed E-state index contributed by atoms with van der Waals surface area (Å²) in [5.41, 5.74) is 6.04. The Hall–Kier alpha value is -0.570. The zero-order chi connectivity index (χ0) is 11.3. The molecule has 0 aromatic heterocycles. The highest BCUT2D eigenvalue weighted by atomic mass is 16.5. The quantitative estimate of drug-likeness (QED) is 0.561. The van der Waals surface area contributed by atoms with Crippen LogP contribution in [0.25, 0.3) is 0 Å². The molecular weight excluding hydrogens is 188 g/mol. The lowest BCUT2D eigenvalue weighted by atomic mass is 10.0. The van der Waals surface area contributed by atoms with Gasteiger partial charge in [0.15, 0.2) is 0 Å². The van der Waals surface area contributed by atoms with Gasteiger partial charge in [0.05, 0.1) is 18.5 Å². The summed E-state index contributed by atoms with van der Waals surface area (Å²) in [6.45, 7) is 5.00. The second-order valence-electron chi connectivity index (χ2n) is 4.80. The van der Waals surface area contributed by atoms with Crippen LogP contribution in [-0.4, -0.2) is 25.6 Å². The third-order valence-electron chi connectivity index (χ3n) is 3.20. The molecule has 0 spiro atoms. The number of aliphatic imine (C=N–C) groups is 1. The van der Waals surface area contributed by atoms with E-state index in [1.54, 1.807) is 7.11 Å². The van der Waals surface area contributed by atoms with E-state index in [0.29, 0.717) is 18.4 Å². The Morgan fingerprint density at radius 1 is 1.40 bits per heavy atom. The van der Waals surface area contributed by atoms with Crippen LogP contribution in [0.2, 0.25) is 0 Å². The van der Waals surface area contributed by atoms with E-state index >= 15 is 0 Å². The fourth-order valence-corrected chi connectivity index (χ4v) is 2.07. The smallest absolute Gasteiger partial charge is 0.0973 e. The molecule has 1 fully saturated rings. The summed E-state index contributed by atoms with van der Waals surface area (Å²) < 4.78 is 5.17. The monoisotopic (exact) mass is 212 g/mol. The van der Waals surface area contributed by atoms with Crippen LogP contribution in [0.3, 0.4) is 0 Å². The molecule has 0 aliphatic heterocycles. The van der Waals surface area contributed by atoms with Crippen LogP contribution in [0.4, 0.5) is 0 Å². The molecule has 0 bridgehead atoms. The second-order valence-corrected chi connectivity index (χ2v) is 4.80. The van der Waals surface area contributed by atoms with Crippen LogP contribution >= 0.6 is 0 Å². The number of methoxy groups -OCH3 is 1. The molecular formula is C12H24N2O. The first-order chi connectivity index (χ1) is 7.15. The molecule has 0 amide bonds. The summed E-state index contributed by atoms with van der Waals surface area (Å²) in [4.78, 5) is 4.62. The number of hydrogen-bond acceptors (Lipinski definition) is 2. The molecule has 0 heterocycles. The number of rotatable bonds is 5. The molecule has 0 radical (unpaired) electrons. The largest absolute Gasteiger partial charge is 0.387 e. The molecule has 1 atom stereocenters. The van der Waals surface area contributed by atoms with Crippen LogP contribution in [0.5, 0.6) is 0 Å². The highest BCUT2D eigenvalue weighted by molar-refractivity contribution is 5.83. The molecule has 3 heteroatoms. The van der Waals surface area contributed by atoms with Crippen molar-refractivity contribution >= 4 is 5.84 Å². The van der Waals surface area contributed by atoms with Crippen LogP contribution in [-0.2, 0) is 4.74 Å². The highest BCUT2D eigenvalue weighted by Crippen LogP contribution is 2.25. The zero-order valence-corrected chi connectivity index (χ0v) is 10.2. The SMILES string of the molecule is COCC(N=C(N)C1CCCC1)C(C)C. The average molecular weight is 212 g/mol. The summed E-state index contributed by atoms with van der Waals surface area (Å²) >= 11 is 0. The number of nitrogens with zero attached hydrogens (tertiary/aromatic N) is 1. The molecule has 15 heavy (non-hydrogen) atoms. The lowest BCUT2D eigenvalue weighted by Crippen LogP contribution is -2.28. The molecule has 1 saturated carbocycles. The van der Waals surface area contributed by atoms with Gasteiger partial charge in [-0.3, -0.25) is 4.99 Å². The van der Waals surface area contributed by atoms with Crippen molar-refractivity contribution in [2.24, 2.45) is 22.6 Å². The van der Waals surface area contributed by atoms with Crippen molar-refractivity contribution in [1.82, 2.24) is 0 Å². The van der Waals surface area contributed by atoms with Gasteiger partial charge in [-0.15, -0.1) is 0 Å². The molecule has 1 aliphatic rings. The van der Waals surface area contributed by atoms with E-state index in [9.17, 15) is 0 Å². The van der Waals surface area contributed by atoms with E-state index in [1.165, 1.54) is 25.7 Å². The molecule has 0 aromatic rings. The van der Waals surface area contributed by atoms with Crippen molar-refractivity contribution in [3.8, 4) is 0 Å². The maximum absolute atomic E-state index is 6.04. The van der Waals surface area contributed by atoms with Gasteiger partial charge in [0.2, 0.25) is 0 Å². The van der Waals surface area contributed by atoms with Gasteiger partial charge in [-0.05, 0) is 18.8 Å². The van der Waals surface area contributed by atoms with E-state index in [0.717, 1.165) is 5.84 Å². The zero-order valence-electron chi connectivity index (χ0n) is 10.2. The molecule has 0 saturated heterocycles. The Kier molecular flexibility index (Phi) is 5.09. The van der Waals surface area contributed by atoms with Gasteiger partial charge in [0, 0.05) is 13.0 Å². The Balaban J connectivity index is 2.55. The summed E-state index contributed by atoms with van der Waals surface area (Å²) in [6, 6.07) is 0.218. The lowest BCUT2D eigenvalue weighted by Gasteiger charge is -2.18. The van der Waals surface area contributed by atoms with E-state index in [2.05, 4.69) is 18.8 Å². The van der Waals surface area contributed by atoms with Crippen molar-refractivity contribution in [3.63, 3.8) is 0 Å². The van der Waals surface area contributed by atoms with Crippen molar-refractivity contribution in [3.05, 3.63) is 0 Å². The molecule has 88 valence electrons. The van der Waals surface area contributed by atoms with Crippen LogP contribution in [0.1, 0.15) is 39.5 Å². The molecule has 2 N–H and O–H groups in total. The third-order valence-corrected chi connectivity index (χ3v) is 3.20. The second kappa shape index (κ2) is 6.11. The Labute approximate surface area is 93.1 Å². The lowest BCUT2D eigenvalue weighted by molar-refractivity contribution is 0.164. The summed E-state index contributed by atoms with van der Waals surface area (Å²) in [7, 11) is 1.72. The standard InChI is InChI=1S/C12H24N2O/c1-9(2)11(8-15-3)14-12(13)10-6-4-5-7-10/h9-11H,4-8H2,1-3H3,(H2,13,14). The third kappa shape index (κ3) is 3.82. The van der Waals surface area contributed by atoms with Crippen molar-refractivity contribution in [1.29, 1.82) is 0 Å². The van der Waals surface area contributed by atoms with Crippen LogP contribution in [0.15, 0.2) is 4.99 Å². The minimum absolute atomic E-state index is 0.218. The first kappa shape index (κ1) is 12.5. The maximum atomic E-state index is 6.04. The van der Waals surface area contributed by atoms with Crippen LogP contribution in [0, 0.1) is 11.8 Å². The first-order valence-electron chi connectivity index (χ1n) is 5.97. The highest BCUT2D eigenvalue weighted by Gasteiger charge is 2.20. The van der Waals surface area contributed by atoms with Crippen LogP contribution < -0.4 is 5.73 Å². The maximum Gasteiger partial charge on any atom is 0.0973 e. The summed E-state index contributed by atoms with van der Waals surface area (Å²) in [6.07, 6.45) is 5.04. The minimum atomic E-state index is 0.218. The van der Waals surface area contributed by atoms with Gasteiger partial charge >= 0.3 is 0 Å². The minimum Gasteiger partial charge on any atom is -0.387 e. The number of hydrogen-bond donors (Lipinski definition) is 1. The number of nitrogens with two attached hydrogens (primary N) is 1.